The maximum Gasteiger partial charge on any atom is 0.321 e. The zero-order valence-corrected chi connectivity index (χ0v) is 24.0. The van der Waals surface area contributed by atoms with Gasteiger partial charge >= 0.3 is 12.0 Å². The first-order chi connectivity index (χ1) is 19.0. The summed E-state index contributed by atoms with van der Waals surface area (Å²) in [7, 11) is 0. The topological polar surface area (TPSA) is 109 Å². The van der Waals surface area contributed by atoms with Gasteiger partial charge in [0.05, 0.1) is 32.8 Å². The van der Waals surface area contributed by atoms with Gasteiger partial charge in [0.2, 0.25) is 0 Å². The molecule has 4 heterocycles. The number of fused-ring (bicyclic) bond motifs is 1. The smallest absolute Gasteiger partial charge is 0.321 e. The first-order valence-electron chi connectivity index (χ1n) is 13.3. The molecule has 39 heavy (non-hydrogen) atoms. The number of hydrogen-bond acceptors (Lipinski definition) is 9. The number of amides is 2. The Bertz CT molecular complexity index is 1460. The molecule has 1 fully saturated rings. The van der Waals surface area contributed by atoms with Crippen LogP contribution in [0.2, 0.25) is 0 Å². The molecule has 0 aliphatic carbocycles. The van der Waals surface area contributed by atoms with Crippen molar-refractivity contribution in [3.05, 3.63) is 42.7 Å². The molecule has 0 atom stereocenters. The molecular weight excluding hydrogens is 532 g/mol. The van der Waals surface area contributed by atoms with Gasteiger partial charge in [-0.3, -0.25) is 15.1 Å². The number of aromatic nitrogens is 3. The van der Waals surface area contributed by atoms with Gasteiger partial charge in [-0.2, -0.15) is 0 Å². The highest BCUT2D eigenvalue weighted by molar-refractivity contribution is 7.23. The van der Waals surface area contributed by atoms with Gasteiger partial charge in [-0.15, -0.1) is 0 Å². The first kappa shape index (κ1) is 27.0. The predicted octanol–water partition coefficient (Wildman–Crippen LogP) is 6.18. The van der Waals surface area contributed by atoms with E-state index in [1.807, 2.05) is 44.3 Å². The molecule has 1 aromatic carbocycles. The van der Waals surface area contributed by atoms with E-state index in [1.165, 1.54) is 11.3 Å². The molecule has 9 nitrogen and oxygen atoms in total. The van der Waals surface area contributed by atoms with Gasteiger partial charge in [0.25, 0.3) is 0 Å². The first-order valence-corrected chi connectivity index (χ1v) is 14.9. The van der Waals surface area contributed by atoms with Crippen molar-refractivity contribution >= 4 is 55.2 Å². The van der Waals surface area contributed by atoms with E-state index in [9.17, 15) is 9.59 Å². The average Bonchev–Trinajstić information content (AvgIpc) is 3.60. The number of carbonyl (C=O) groups excluding carboxylic acids is 2. The summed E-state index contributed by atoms with van der Waals surface area (Å²) in [5.74, 6) is -0.0772. The second-order valence-electron chi connectivity index (χ2n) is 9.44. The van der Waals surface area contributed by atoms with Crippen molar-refractivity contribution in [1.29, 1.82) is 0 Å². The third-order valence-electron chi connectivity index (χ3n) is 7.14. The zero-order valence-electron chi connectivity index (χ0n) is 22.3. The number of anilines is 2. The SMILES string of the molecule is CCNC(=O)Nc1nc2cc(-c3cnc(N4CCC(CC)(C(=O)OCC)CC4)s3)cc(-c3ccccn3)c2s1. The van der Waals surface area contributed by atoms with Crippen LogP contribution < -0.4 is 15.5 Å². The predicted molar refractivity (Wildman–Crippen MR) is 157 cm³/mol. The van der Waals surface area contributed by atoms with Crippen molar-refractivity contribution in [2.45, 2.75) is 40.0 Å². The number of nitrogens with one attached hydrogen (secondary N) is 2. The van der Waals surface area contributed by atoms with Crippen LogP contribution in [0, 0.1) is 5.41 Å². The van der Waals surface area contributed by atoms with Gasteiger partial charge in [0, 0.05) is 37.6 Å². The van der Waals surface area contributed by atoms with Gasteiger partial charge in [-0.1, -0.05) is 35.7 Å². The maximum absolute atomic E-state index is 12.6. The third-order valence-corrected chi connectivity index (χ3v) is 9.27. The van der Waals surface area contributed by atoms with Crippen molar-refractivity contribution in [3.63, 3.8) is 0 Å². The highest BCUT2D eigenvalue weighted by atomic mass is 32.1. The monoisotopic (exact) mass is 564 g/mol. The molecule has 0 spiro atoms. The number of pyridine rings is 1. The van der Waals surface area contributed by atoms with Crippen LogP contribution in [0.3, 0.4) is 0 Å². The Labute approximate surface area is 235 Å². The van der Waals surface area contributed by atoms with E-state index >= 15 is 0 Å². The van der Waals surface area contributed by atoms with Crippen LogP contribution in [0.1, 0.15) is 40.0 Å². The van der Waals surface area contributed by atoms with Crippen molar-refractivity contribution in [1.82, 2.24) is 20.3 Å². The number of benzene rings is 1. The summed E-state index contributed by atoms with van der Waals surface area (Å²) in [6, 6.07) is 9.71. The second-order valence-corrected chi connectivity index (χ2v) is 11.4. The molecule has 2 amide bonds. The number of urea groups is 1. The van der Waals surface area contributed by atoms with Crippen LogP contribution in [0.15, 0.2) is 42.7 Å². The minimum Gasteiger partial charge on any atom is -0.466 e. The molecule has 2 N–H and O–H groups in total. The largest absolute Gasteiger partial charge is 0.466 e. The van der Waals surface area contributed by atoms with Gasteiger partial charge in [-0.05, 0) is 62.9 Å². The lowest BCUT2D eigenvalue weighted by Gasteiger charge is -2.39. The molecule has 0 bridgehead atoms. The lowest BCUT2D eigenvalue weighted by Crippen LogP contribution is -2.45. The summed E-state index contributed by atoms with van der Waals surface area (Å²) in [6.45, 7) is 8.27. The van der Waals surface area contributed by atoms with E-state index in [2.05, 4.69) is 33.5 Å². The lowest BCUT2D eigenvalue weighted by atomic mass is 9.76. The molecule has 1 aliphatic heterocycles. The summed E-state index contributed by atoms with van der Waals surface area (Å²) in [5, 5.41) is 7.05. The summed E-state index contributed by atoms with van der Waals surface area (Å²) >= 11 is 3.06. The van der Waals surface area contributed by atoms with E-state index < -0.39 is 5.41 Å². The molecule has 3 aromatic heterocycles. The Kier molecular flexibility index (Phi) is 8.08. The summed E-state index contributed by atoms with van der Waals surface area (Å²) in [4.78, 5) is 42.1. The van der Waals surface area contributed by atoms with Gasteiger partial charge in [0.15, 0.2) is 10.3 Å². The van der Waals surface area contributed by atoms with Crippen LogP contribution in [0.25, 0.3) is 31.9 Å². The fraction of sp³-hybridized carbons (Fsp3) is 0.393. The number of esters is 1. The van der Waals surface area contributed by atoms with Crippen molar-refractivity contribution in [3.8, 4) is 21.7 Å². The number of rotatable bonds is 8. The van der Waals surface area contributed by atoms with Gasteiger partial charge in [-0.25, -0.2) is 14.8 Å². The Balaban J connectivity index is 1.44. The molecule has 0 radical (unpaired) electrons. The number of hydrogen-bond donors (Lipinski definition) is 2. The molecule has 204 valence electrons. The molecule has 1 aliphatic rings. The molecule has 11 heteroatoms. The fourth-order valence-corrected chi connectivity index (χ4v) is 6.82. The van der Waals surface area contributed by atoms with Crippen molar-refractivity contribution < 1.29 is 14.3 Å². The second kappa shape index (κ2) is 11.7. The normalized spacial score (nSPS) is 14.8. The fourth-order valence-electron chi connectivity index (χ4n) is 4.90. The highest BCUT2D eigenvalue weighted by Gasteiger charge is 2.41. The zero-order chi connectivity index (χ0) is 27.4. The Morgan fingerprint density at radius 3 is 2.62 bits per heavy atom. The van der Waals surface area contributed by atoms with Crippen molar-refractivity contribution in [2.75, 3.05) is 36.5 Å². The van der Waals surface area contributed by atoms with Crippen LogP contribution in [0.5, 0.6) is 0 Å². The van der Waals surface area contributed by atoms with E-state index in [-0.39, 0.29) is 12.0 Å². The van der Waals surface area contributed by atoms with Crippen LogP contribution >= 0.6 is 22.7 Å². The molecule has 0 unspecified atom stereocenters. The van der Waals surface area contributed by atoms with Gasteiger partial charge < -0.3 is 15.0 Å². The molecular formula is C28H32N6O3S2. The number of ether oxygens (including phenoxy) is 1. The average molecular weight is 565 g/mol. The Morgan fingerprint density at radius 1 is 1.10 bits per heavy atom. The quantitative estimate of drug-likeness (QED) is 0.246. The van der Waals surface area contributed by atoms with E-state index in [1.54, 1.807) is 17.5 Å². The Morgan fingerprint density at radius 2 is 1.92 bits per heavy atom. The third kappa shape index (κ3) is 5.60. The van der Waals surface area contributed by atoms with Crippen LogP contribution in [-0.4, -0.2) is 53.2 Å². The molecule has 0 saturated carbocycles. The Hall–Kier alpha value is -3.57. The lowest BCUT2D eigenvalue weighted by molar-refractivity contribution is -0.157. The van der Waals surface area contributed by atoms with E-state index in [0.717, 1.165) is 69.4 Å². The van der Waals surface area contributed by atoms with E-state index in [0.29, 0.717) is 18.3 Å². The number of carbonyl (C=O) groups is 2. The molecule has 5 rings (SSSR count). The highest BCUT2D eigenvalue weighted by Crippen LogP contribution is 2.42. The molecule has 1 saturated heterocycles. The van der Waals surface area contributed by atoms with Crippen LogP contribution in [-0.2, 0) is 9.53 Å². The maximum atomic E-state index is 12.6. The summed E-state index contributed by atoms with van der Waals surface area (Å²) < 4.78 is 6.35. The minimum atomic E-state index is -0.403. The standard InChI is InChI=1S/C28H32N6O3S2/c1-4-28(24(35)37-6-3)10-13-34(14-11-28)27-31-17-22(38-27)18-15-19(20-9-7-8-12-30-20)23-21(16-18)32-26(39-23)33-25(36)29-5-2/h7-9,12,15-17H,4-6,10-11,13-14H2,1-3H3,(H2,29,32,33,36). The number of thiazole rings is 2. The summed E-state index contributed by atoms with van der Waals surface area (Å²) in [6.07, 6.45) is 5.97. The van der Waals surface area contributed by atoms with Crippen molar-refractivity contribution in [2.24, 2.45) is 5.41 Å². The number of nitrogens with zero attached hydrogens (tertiary/aromatic N) is 4. The molecule has 4 aromatic rings. The van der Waals surface area contributed by atoms with Gasteiger partial charge in [0.1, 0.15) is 0 Å². The number of piperidine rings is 1. The van der Waals surface area contributed by atoms with Crippen LogP contribution in [0.4, 0.5) is 15.1 Å². The van der Waals surface area contributed by atoms with E-state index in [4.69, 9.17) is 14.7 Å². The minimum absolute atomic E-state index is 0.0772. The summed E-state index contributed by atoms with van der Waals surface area (Å²) in [5.41, 5.74) is 3.18.